The molecule has 0 amide bonds. The summed E-state index contributed by atoms with van der Waals surface area (Å²) in [7, 11) is 1.55. The van der Waals surface area contributed by atoms with E-state index in [1.165, 1.54) is 24.3 Å². The van der Waals surface area contributed by atoms with Crippen LogP contribution in [0.1, 0.15) is 11.1 Å². The van der Waals surface area contributed by atoms with Crippen LogP contribution in [-0.2, 0) is 13.2 Å². The average molecular weight is 382 g/mol. The van der Waals surface area contributed by atoms with Crippen LogP contribution >= 0.6 is 0 Å². The lowest BCUT2D eigenvalue weighted by Crippen LogP contribution is -2.02. The smallest absolute Gasteiger partial charge is 0.269 e. The van der Waals surface area contributed by atoms with Crippen molar-refractivity contribution in [3.63, 3.8) is 0 Å². The van der Waals surface area contributed by atoms with E-state index in [1.54, 1.807) is 37.4 Å². The summed E-state index contributed by atoms with van der Waals surface area (Å²) in [5.74, 6) is 0.825. The Balaban J connectivity index is 1.62. The van der Waals surface area contributed by atoms with Gasteiger partial charge in [0.25, 0.3) is 5.69 Å². The summed E-state index contributed by atoms with van der Waals surface area (Å²) in [5, 5.41) is 13.9. The van der Waals surface area contributed by atoms with Crippen LogP contribution in [0.2, 0.25) is 0 Å². The van der Waals surface area contributed by atoms with Crippen molar-refractivity contribution in [1.82, 2.24) is 0 Å². The lowest BCUT2D eigenvalue weighted by molar-refractivity contribution is -0.384. The Hall–Kier alpha value is -3.61. The first kappa shape index (κ1) is 19.2. The van der Waals surface area contributed by atoms with E-state index in [4.69, 9.17) is 9.47 Å². The maximum Gasteiger partial charge on any atom is 0.269 e. The van der Waals surface area contributed by atoms with Crippen LogP contribution < -0.4 is 14.8 Å². The number of hydrogen-bond acceptors (Lipinski definition) is 5. The Kier molecular flexibility index (Phi) is 6.06. The molecule has 0 aliphatic heterocycles. The Bertz CT molecular complexity index is 961. The van der Waals surface area contributed by atoms with E-state index < -0.39 is 4.92 Å². The molecule has 144 valence electrons. The summed E-state index contributed by atoms with van der Waals surface area (Å²) in [6.07, 6.45) is 0. The van der Waals surface area contributed by atoms with Crippen molar-refractivity contribution in [2.75, 3.05) is 12.4 Å². The van der Waals surface area contributed by atoms with Crippen molar-refractivity contribution >= 4 is 11.4 Å². The molecule has 0 heterocycles. The summed E-state index contributed by atoms with van der Waals surface area (Å²) >= 11 is 0. The summed E-state index contributed by atoms with van der Waals surface area (Å²) < 4.78 is 24.4. The predicted molar refractivity (Wildman–Crippen MR) is 104 cm³/mol. The highest BCUT2D eigenvalue weighted by Gasteiger charge is 2.08. The zero-order chi connectivity index (χ0) is 19.9. The zero-order valence-corrected chi connectivity index (χ0v) is 15.2. The van der Waals surface area contributed by atoms with Gasteiger partial charge >= 0.3 is 0 Å². The number of nitro groups is 1. The van der Waals surface area contributed by atoms with E-state index >= 15 is 0 Å². The van der Waals surface area contributed by atoms with E-state index in [0.29, 0.717) is 18.0 Å². The fourth-order valence-corrected chi connectivity index (χ4v) is 2.63. The molecule has 7 heteroatoms. The molecule has 3 rings (SSSR count). The molecule has 28 heavy (non-hydrogen) atoms. The number of non-ortho nitro benzene ring substituents is 1. The highest BCUT2D eigenvalue weighted by Crippen LogP contribution is 2.29. The molecular formula is C21H19FN2O4. The topological polar surface area (TPSA) is 73.6 Å². The standard InChI is InChI=1S/C21H19FN2O4/c1-27-21-12-15(13-23-18-6-8-19(9-7-18)24(25)26)5-10-20(21)28-14-16-3-2-4-17(22)11-16/h2-12,23H,13-14H2,1H3. The van der Waals surface area contributed by atoms with Crippen LogP contribution in [0, 0.1) is 15.9 Å². The molecule has 3 aromatic rings. The van der Waals surface area contributed by atoms with E-state index in [0.717, 1.165) is 16.8 Å². The van der Waals surface area contributed by atoms with Gasteiger partial charge in [-0.25, -0.2) is 4.39 Å². The van der Waals surface area contributed by atoms with Gasteiger partial charge in [-0.15, -0.1) is 0 Å². The molecule has 0 aliphatic carbocycles. The minimum absolute atomic E-state index is 0.0482. The van der Waals surface area contributed by atoms with Crippen LogP contribution in [0.4, 0.5) is 15.8 Å². The first-order chi connectivity index (χ1) is 13.5. The molecule has 6 nitrogen and oxygen atoms in total. The number of nitrogens with one attached hydrogen (secondary N) is 1. The second-order valence-electron chi connectivity index (χ2n) is 6.06. The van der Waals surface area contributed by atoms with Crippen molar-refractivity contribution < 1.29 is 18.8 Å². The van der Waals surface area contributed by atoms with Crippen LogP contribution in [0.25, 0.3) is 0 Å². The molecule has 0 bridgehead atoms. The van der Waals surface area contributed by atoms with Gasteiger partial charge in [-0.05, 0) is 47.5 Å². The Morgan fingerprint density at radius 2 is 1.79 bits per heavy atom. The summed E-state index contributed by atoms with van der Waals surface area (Å²) in [4.78, 5) is 10.3. The van der Waals surface area contributed by atoms with E-state index in [-0.39, 0.29) is 18.1 Å². The average Bonchev–Trinajstić information content (AvgIpc) is 2.71. The third-order valence-electron chi connectivity index (χ3n) is 4.09. The normalized spacial score (nSPS) is 10.4. The second-order valence-corrected chi connectivity index (χ2v) is 6.06. The fraction of sp³-hybridized carbons (Fsp3) is 0.143. The van der Waals surface area contributed by atoms with Gasteiger partial charge in [-0.2, -0.15) is 0 Å². The minimum atomic E-state index is -0.433. The Morgan fingerprint density at radius 1 is 1.00 bits per heavy atom. The van der Waals surface area contributed by atoms with Crippen LogP contribution in [0.5, 0.6) is 11.5 Å². The number of anilines is 1. The maximum atomic E-state index is 13.3. The number of benzene rings is 3. The highest BCUT2D eigenvalue weighted by atomic mass is 19.1. The van der Waals surface area contributed by atoms with Gasteiger partial charge in [0.05, 0.1) is 12.0 Å². The van der Waals surface area contributed by atoms with Gasteiger partial charge in [-0.3, -0.25) is 10.1 Å². The quantitative estimate of drug-likeness (QED) is 0.441. The van der Waals surface area contributed by atoms with Gasteiger partial charge in [0.2, 0.25) is 0 Å². The third kappa shape index (κ3) is 4.97. The van der Waals surface area contributed by atoms with Gasteiger partial charge in [0.15, 0.2) is 11.5 Å². The van der Waals surface area contributed by atoms with E-state index in [9.17, 15) is 14.5 Å². The minimum Gasteiger partial charge on any atom is -0.493 e. The molecule has 0 atom stereocenters. The van der Waals surface area contributed by atoms with Gasteiger partial charge in [-0.1, -0.05) is 18.2 Å². The number of nitrogens with zero attached hydrogens (tertiary/aromatic N) is 1. The fourth-order valence-electron chi connectivity index (χ4n) is 2.63. The molecule has 0 saturated carbocycles. The van der Waals surface area contributed by atoms with Gasteiger partial charge in [0, 0.05) is 24.4 Å². The maximum absolute atomic E-state index is 13.3. The SMILES string of the molecule is COc1cc(CNc2ccc([N+](=O)[O-])cc2)ccc1OCc1cccc(F)c1. The summed E-state index contributed by atoms with van der Waals surface area (Å²) in [6, 6.07) is 18.0. The van der Waals surface area contributed by atoms with Crippen molar-refractivity contribution in [2.24, 2.45) is 0 Å². The molecule has 0 spiro atoms. The van der Waals surface area contributed by atoms with Crippen LogP contribution in [0.3, 0.4) is 0 Å². The summed E-state index contributed by atoms with van der Waals surface area (Å²) in [5.41, 5.74) is 2.50. The molecular weight excluding hydrogens is 363 g/mol. The third-order valence-corrected chi connectivity index (χ3v) is 4.09. The van der Waals surface area contributed by atoms with Crippen molar-refractivity contribution in [3.05, 3.63) is 93.8 Å². The zero-order valence-electron chi connectivity index (χ0n) is 15.2. The number of nitro benzene ring substituents is 1. The Labute approximate surface area is 161 Å². The van der Waals surface area contributed by atoms with Gasteiger partial charge in [0.1, 0.15) is 12.4 Å². The molecule has 0 aliphatic rings. The largest absolute Gasteiger partial charge is 0.493 e. The van der Waals surface area contributed by atoms with Gasteiger partial charge < -0.3 is 14.8 Å². The number of ether oxygens (including phenoxy) is 2. The molecule has 3 aromatic carbocycles. The first-order valence-electron chi connectivity index (χ1n) is 8.57. The van der Waals surface area contributed by atoms with E-state index in [1.807, 2.05) is 12.1 Å². The van der Waals surface area contributed by atoms with Crippen molar-refractivity contribution in [2.45, 2.75) is 13.2 Å². The van der Waals surface area contributed by atoms with Crippen LogP contribution in [-0.4, -0.2) is 12.0 Å². The molecule has 0 saturated heterocycles. The molecule has 0 radical (unpaired) electrons. The number of methoxy groups -OCH3 is 1. The molecule has 0 fully saturated rings. The molecule has 0 unspecified atom stereocenters. The van der Waals surface area contributed by atoms with Crippen molar-refractivity contribution in [1.29, 1.82) is 0 Å². The molecule has 1 N–H and O–H groups in total. The van der Waals surface area contributed by atoms with Crippen LogP contribution in [0.15, 0.2) is 66.7 Å². The molecule has 0 aromatic heterocycles. The lowest BCUT2D eigenvalue weighted by Gasteiger charge is -2.13. The number of halogens is 1. The first-order valence-corrected chi connectivity index (χ1v) is 8.57. The summed E-state index contributed by atoms with van der Waals surface area (Å²) in [6.45, 7) is 0.743. The highest BCUT2D eigenvalue weighted by molar-refractivity contribution is 5.50. The predicted octanol–water partition coefficient (Wildman–Crippen LogP) is 4.93. The Morgan fingerprint density at radius 3 is 2.46 bits per heavy atom. The monoisotopic (exact) mass is 382 g/mol. The van der Waals surface area contributed by atoms with E-state index in [2.05, 4.69) is 5.32 Å². The van der Waals surface area contributed by atoms with Crippen molar-refractivity contribution in [3.8, 4) is 11.5 Å². The number of hydrogen-bond donors (Lipinski definition) is 1. The lowest BCUT2D eigenvalue weighted by atomic mass is 10.2. The second kappa shape index (κ2) is 8.85. The number of rotatable bonds is 8.